The van der Waals surface area contributed by atoms with Crippen molar-refractivity contribution in [2.24, 2.45) is 0 Å². The van der Waals surface area contributed by atoms with Gasteiger partial charge in [0.1, 0.15) is 5.82 Å². The summed E-state index contributed by atoms with van der Waals surface area (Å²) in [5.41, 5.74) is 1.06. The number of hydrogen-bond donors (Lipinski definition) is 2. The second-order valence-corrected chi connectivity index (χ2v) is 5.60. The van der Waals surface area contributed by atoms with Crippen molar-refractivity contribution in [2.75, 3.05) is 4.72 Å². The number of benzene rings is 2. The lowest BCUT2D eigenvalue weighted by Crippen LogP contribution is -2.12. The Balaban J connectivity index is 2.23. The smallest absolute Gasteiger partial charge is 0.261 e. The summed E-state index contributed by atoms with van der Waals surface area (Å²) in [6.45, 7) is -0.106. The second-order valence-electron chi connectivity index (χ2n) is 3.91. The predicted octanol–water partition coefficient (Wildman–Crippen LogP) is 2.12. The fourth-order valence-corrected chi connectivity index (χ4v) is 2.56. The van der Waals surface area contributed by atoms with Crippen molar-refractivity contribution in [3.63, 3.8) is 0 Å². The summed E-state index contributed by atoms with van der Waals surface area (Å²) in [4.78, 5) is -0.0138. The molecule has 0 saturated heterocycles. The first-order chi connectivity index (χ1) is 9.01. The lowest BCUT2D eigenvalue weighted by Gasteiger charge is -2.08. The molecule has 4 nitrogen and oxygen atoms in total. The summed E-state index contributed by atoms with van der Waals surface area (Å²) in [7, 11) is -3.73. The molecule has 0 spiro atoms. The Morgan fingerprint density at radius 3 is 2.11 bits per heavy atom. The minimum atomic E-state index is -3.73. The molecule has 0 aliphatic heterocycles. The molecule has 2 rings (SSSR count). The molecule has 2 aromatic rings. The minimum Gasteiger partial charge on any atom is -0.392 e. The zero-order valence-corrected chi connectivity index (χ0v) is 10.7. The lowest BCUT2D eigenvalue weighted by atomic mass is 10.2. The fourth-order valence-electron chi connectivity index (χ4n) is 1.51. The molecule has 19 heavy (non-hydrogen) atoms. The number of sulfonamides is 1. The van der Waals surface area contributed by atoms with Crippen molar-refractivity contribution in [2.45, 2.75) is 11.5 Å². The summed E-state index contributed by atoms with van der Waals surface area (Å²) in [6.07, 6.45) is 0. The zero-order chi connectivity index (χ0) is 13.9. The number of halogens is 1. The topological polar surface area (TPSA) is 66.4 Å². The van der Waals surface area contributed by atoms with Gasteiger partial charge in [0.2, 0.25) is 0 Å². The molecule has 0 aliphatic rings. The van der Waals surface area contributed by atoms with E-state index in [1.807, 2.05) is 0 Å². The molecule has 0 unspecified atom stereocenters. The Labute approximate surface area is 110 Å². The van der Waals surface area contributed by atoms with E-state index in [0.717, 1.165) is 12.1 Å². The van der Waals surface area contributed by atoms with E-state index in [4.69, 9.17) is 5.11 Å². The van der Waals surface area contributed by atoms with Gasteiger partial charge >= 0.3 is 0 Å². The molecule has 0 aliphatic carbocycles. The monoisotopic (exact) mass is 281 g/mol. The van der Waals surface area contributed by atoms with Crippen LogP contribution in [0.25, 0.3) is 0 Å². The molecule has 0 amide bonds. The maximum absolute atomic E-state index is 12.7. The molecule has 0 fully saturated rings. The van der Waals surface area contributed by atoms with E-state index < -0.39 is 15.8 Å². The van der Waals surface area contributed by atoms with E-state index in [2.05, 4.69) is 4.72 Å². The van der Waals surface area contributed by atoms with E-state index in [9.17, 15) is 12.8 Å². The highest BCUT2D eigenvalue weighted by Crippen LogP contribution is 2.17. The Hall–Kier alpha value is -1.92. The number of anilines is 1. The number of hydrogen-bond acceptors (Lipinski definition) is 3. The third-order valence-corrected chi connectivity index (χ3v) is 3.91. The van der Waals surface area contributed by atoms with Gasteiger partial charge in [-0.3, -0.25) is 4.72 Å². The first-order valence-electron chi connectivity index (χ1n) is 5.49. The first kappa shape index (κ1) is 13.5. The van der Waals surface area contributed by atoms with Crippen LogP contribution in [0.1, 0.15) is 5.56 Å². The summed E-state index contributed by atoms with van der Waals surface area (Å²) >= 11 is 0. The highest BCUT2D eigenvalue weighted by Gasteiger charge is 2.13. The summed E-state index contributed by atoms with van der Waals surface area (Å²) in [5.74, 6) is -0.494. The number of aliphatic hydroxyl groups is 1. The Morgan fingerprint density at radius 2 is 1.58 bits per heavy atom. The van der Waals surface area contributed by atoms with E-state index in [1.165, 1.54) is 12.1 Å². The van der Waals surface area contributed by atoms with Crippen molar-refractivity contribution < 1.29 is 17.9 Å². The molecular weight excluding hydrogens is 269 g/mol. The Morgan fingerprint density at radius 1 is 1.00 bits per heavy atom. The summed E-state index contributed by atoms with van der Waals surface area (Å²) < 4.78 is 39.1. The van der Waals surface area contributed by atoms with Gasteiger partial charge in [0.15, 0.2) is 0 Å². The van der Waals surface area contributed by atoms with Crippen LogP contribution in [0.15, 0.2) is 53.4 Å². The molecule has 0 saturated carbocycles. The van der Waals surface area contributed by atoms with Crippen LogP contribution >= 0.6 is 0 Å². The van der Waals surface area contributed by atoms with Gasteiger partial charge in [-0.1, -0.05) is 12.1 Å². The zero-order valence-electron chi connectivity index (χ0n) is 9.88. The predicted molar refractivity (Wildman–Crippen MR) is 69.6 cm³/mol. The van der Waals surface area contributed by atoms with Crippen LogP contribution in [0.4, 0.5) is 10.1 Å². The van der Waals surface area contributed by atoms with E-state index >= 15 is 0 Å². The maximum atomic E-state index is 12.7. The third-order valence-electron chi connectivity index (χ3n) is 2.51. The molecule has 0 aromatic heterocycles. The molecule has 0 atom stereocenters. The molecular formula is C13H12FNO3S. The fraction of sp³-hybridized carbons (Fsp3) is 0.0769. The van der Waals surface area contributed by atoms with Crippen molar-refractivity contribution >= 4 is 15.7 Å². The standard InChI is InChI=1S/C13H12FNO3S/c14-11-3-7-13(8-4-11)19(17,18)15-12-5-1-10(9-16)2-6-12/h1-8,15-16H,9H2. The SMILES string of the molecule is O=S(=O)(Nc1ccc(CO)cc1)c1ccc(F)cc1. The summed E-state index contributed by atoms with van der Waals surface area (Å²) in [5, 5.41) is 8.89. The van der Waals surface area contributed by atoms with Crippen LogP contribution < -0.4 is 4.72 Å². The Bertz CT molecular complexity index is 651. The van der Waals surface area contributed by atoms with E-state index in [1.54, 1.807) is 24.3 Å². The van der Waals surface area contributed by atoms with Crippen LogP contribution in [0.5, 0.6) is 0 Å². The van der Waals surface area contributed by atoms with Gasteiger partial charge in [-0.15, -0.1) is 0 Å². The Kier molecular flexibility index (Phi) is 3.82. The van der Waals surface area contributed by atoms with Crippen molar-refractivity contribution in [1.29, 1.82) is 0 Å². The molecule has 0 heterocycles. The number of rotatable bonds is 4. The minimum absolute atomic E-state index is 0.0138. The average molecular weight is 281 g/mol. The summed E-state index contributed by atoms with van der Waals surface area (Å²) in [6, 6.07) is 10.9. The second kappa shape index (κ2) is 5.38. The van der Waals surface area contributed by atoms with Crippen LogP contribution in [0.3, 0.4) is 0 Å². The molecule has 6 heteroatoms. The third kappa shape index (κ3) is 3.30. The molecule has 2 aromatic carbocycles. The van der Waals surface area contributed by atoms with Crippen LogP contribution in [-0.4, -0.2) is 13.5 Å². The van der Waals surface area contributed by atoms with E-state index in [0.29, 0.717) is 11.3 Å². The van der Waals surface area contributed by atoms with Crippen molar-refractivity contribution in [1.82, 2.24) is 0 Å². The first-order valence-corrected chi connectivity index (χ1v) is 6.98. The lowest BCUT2D eigenvalue weighted by molar-refractivity contribution is 0.282. The molecule has 0 bridgehead atoms. The highest BCUT2D eigenvalue weighted by molar-refractivity contribution is 7.92. The largest absolute Gasteiger partial charge is 0.392 e. The number of aliphatic hydroxyl groups excluding tert-OH is 1. The van der Waals surface area contributed by atoms with Gasteiger partial charge in [-0.2, -0.15) is 0 Å². The maximum Gasteiger partial charge on any atom is 0.261 e. The van der Waals surface area contributed by atoms with Gasteiger partial charge in [0.05, 0.1) is 11.5 Å². The van der Waals surface area contributed by atoms with Gasteiger partial charge in [0, 0.05) is 5.69 Å². The highest BCUT2D eigenvalue weighted by atomic mass is 32.2. The van der Waals surface area contributed by atoms with Crippen LogP contribution in [0.2, 0.25) is 0 Å². The molecule has 2 N–H and O–H groups in total. The van der Waals surface area contributed by atoms with Gasteiger partial charge in [-0.25, -0.2) is 12.8 Å². The normalized spacial score (nSPS) is 11.3. The number of nitrogens with one attached hydrogen (secondary N) is 1. The van der Waals surface area contributed by atoms with Gasteiger partial charge in [0.25, 0.3) is 10.0 Å². The van der Waals surface area contributed by atoms with E-state index in [-0.39, 0.29) is 11.5 Å². The molecule has 100 valence electrons. The van der Waals surface area contributed by atoms with Gasteiger partial charge < -0.3 is 5.11 Å². The molecule has 0 radical (unpaired) electrons. The van der Waals surface area contributed by atoms with Crippen molar-refractivity contribution in [3.05, 3.63) is 59.9 Å². The van der Waals surface area contributed by atoms with Crippen molar-refractivity contribution in [3.8, 4) is 0 Å². The van der Waals surface area contributed by atoms with Crippen LogP contribution in [0, 0.1) is 5.82 Å². The average Bonchev–Trinajstić information content (AvgIpc) is 2.40. The van der Waals surface area contributed by atoms with Crippen LogP contribution in [-0.2, 0) is 16.6 Å². The quantitative estimate of drug-likeness (QED) is 0.902. The van der Waals surface area contributed by atoms with Gasteiger partial charge in [-0.05, 0) is 42.0 Å².